The number of ether oxygens (including phenoxy) is 1. The van der Waals surface area contributed by atoms with Gasteiger partial charge in [0.2, 0.25) is 6.29 Å². The van der Waals surface area contributed by atoms with Crippen molar-refractivity contribution in [2.75, 3.05) is 0 Å². The van der Waals surface area contributed by atoms with Crippen LogP contribution in [0.5, 0.6) is 0 Å². The van der Waals surface area contributed by atoms with Crippen molar-refractivity contribution in [3.05, 3.63) is 182 Å². The fraction of sp³-hybridized carbons (Fsp3) is 0.159. The van der Waals surface area contributed by atoms with Gasteiger partial charge in [-0.05, 0) is 52.5 Å². The van der Waals surface area contributed by atoms with E-state index < -0.39 is 36.1 Å². The van der Waals surface area contributed by atoms with E-state index >= 15 is 0 Å². The lowest BCUT2D eigenvalue weighted by Gasteiger charge is -2.45. The van der Waals surface area contributed by atoms with Gasteiger partial charge in [-0.25, -0.2) is 0 Å². The van der Waals surface area contributed by atoms with E-state index in [2.05, 4.69) is 191 Å². The third-order valence-electron chi connectivity index (χ3n) is 9.50. The fourth-order valence-corrected chi connectivity index (χ4v) is 18.2. The molecule has 0 saturated carbocycles. The minimum absolute atomic E-state index is 0.184. The van der Waals surface area contributed by atoms with Crippen LogP contribution in [-0.4, -0.2) is 31.9 Å². The normalized spacial score (nSPS) is 17.9. The van der Waals surface area contributed by atoms with E-state index in [9.17, 15) is 4.79 Å². The summed E-state index contributed by atoms with van der Waals surface area (Å²) in [6, 6.07) is 63.8. The third kappa shape index (κ3) is 6.66. The van der Waals surface area contributed by atoms with Crippen LogP contribution < -0.4 is 31.6 Å². The first kappa shape index (κ1) is 34.3. The SMILES string of the molecule is CC(C)(C)[Si](O[C@H]1OC(=O)[C@@H](P(c2ccccc2)c2ccccc2)[C@@H]1P(c1ccccc1)c1ccccc1)(c1ccccc1)c1ccccc1. The molecule has 1 aliphatic heterocycles. The van der Waals surface area contributed by atoms with Crippen LogP contribution in [0.1, 0.15) is 20.8 Å². The van der Waals surface area contributed by atoms with Gasteiger partial charge in [0.15, 0.2) is 0 Å². The molecule has 6 heteroatoms. The van der Waals surface area contributed by atoms with Crippen molar-refractivity contribution in [1.29, 1.82) is 0 Å². The fourth-order valence-electron chi connectivity index (χ4n) is 7.34. The van der Waals surface area contributed by atoms with Gasteiger partial charge in [0.1, 0.15) is 0 Å². The summed E-state index contributed by atoms with van der Waals surface area (Å²) < 4.78 is 14.6. The molecule has 0 amide bonds. The van der Waals surface area contributed by atoms with Crippen molar-refractivity contribution in [1.82, 2.24) is 0 Å². The number of benzene rings is 6. The first-order valence-electron chi connectivity index (χ1n) is 17.2. The molecule has 6 aromatic rings. The van der Waals surface area contributed by atoms with Crippen molar-refractivity contribution in [3.63, 3.8) is 0 Å². The highest BCUT2D eigenvalue weighted by Gasteiger charge is 2.59. The van der Waals surface area contributed by atoms with Gasteiger partial charge in [0.25, 0.3) is 8.32 Å². The third-order valence-corrected chi connectivity index (χ3v) is 20.4. The summed E-state index contributed by atoms with van der Waals surface area (Å²) in [4.78, 5) is 14.9. The van der Waals surface area contributed by atoms with Crippen molar-refractivity contribution in [2.45, 2.75) is 43.4 Å². The molecule has 0 aliphatic carbocycles. The van der Waals surface area contributed by atoms with Crippen molar-refractivity contribution >= 4 is 61.7 Å². The molecule has 3 atom stereocenters. The van der Waals surface area contributed by atoms with Gasteiger partial charge >= 0.3 is 5.97 Å². The first-order valence-corrected chi connectivity index (χ1v) is 21.9. The molecule has 7 rings (SSSR count). The van der Waals surface area contributed by atoms with Crippen LogP contribution in [0.2, 0.25) is 5.04 Å². The zero-order chi connectivity index (χ0) is 34.6. The monoisotopic (exact) mass is 708 g/mol. The molecule has 1 heterocycles. The Morgan fingerprint density at radius 1 is 0.500 bits per heavy atom. The number of esters is 1. The molecule has 1 fully saturated rings. The average molecular weight is 709 g/mol. The van der Waals surface area contributed by atoms with Crippen molar-refractivity contribution in [3.8, 4) is 0 Å². The van der Waals surface area contributed by atoms with E-state index in [0.717, 1.165) is 21.0 Å². The van der Waals surface area contributed by atoms with Crippen molar-refractivity contribution in [2.24, 2.45) is 0 Å². The Morgan fingerprint density at radius 2 is 0.820 bits per heavy atom. The molecule has 1 aliphatic rings. The van der Waals surface area contributed by atoms with E-state index in [1.165, 1.54) is 10.6 Å². The van der Waals surface area contributed by atoms with Gasteiger partial charge in [-0.1, -0.05) is 203 Å². The van der Waals surface area contributed by atoms with Crippen LogP contribution in [0.4, 0.5) is 0 Å². The summed E-state index contributed by atoms with van der Waals surface area (Å²) in [7, 11) is -5.42. The number of hydrogen-bond acceptors (Lipinski definition) is 3. The Hall–Kier alpha value is -4.17. The average Bonchev–Trinajstić information content (AvgIpc) is 3.46. The Labute approximate surface area is 300 Å². The van der Waals surface area contributed by atoms with Crippen LogP contribution in [0.15, 0.2) is 182 Å². The summed E-state index contributed by atoms with van der Waals surface area (Å²) in [5, 5.41) is 6.74. The highest BCUT2D eigenvalue weighted by atomic mass is 31.1. The van der Waals surface area contributed by atoms with Crippen LogP contribution >= 0.6 is 15.8 Å². The van der Waals surface area contributed by atoms with E-state index in [1.54, 1.807) is 0 Å². The highest BCUT2D eigenvalue weighted by Crippen LogP contribution is 2.57. The predicted molar refractivity (Wildman–Crippen MR) is 214 cm³/mol. The Bertz CT molecular complexity index is 1850. The summed E-state index contributed by atoms with van der Waals surface area (Å²) >= 11 is 0. The Morgan fingerprint density at radius 3 is 1.16 bits per heavy atom. The van der Waals surface area contributed by atoms with Gasteiger partial charge in [-0.15, -0.1) is 0 Å². The van der Waals surface area contributed by atoms with Crippen molar-refractivity contribution < 1.29 is 14.0 Å². The Balaban J connectivity index is 1.49. The molecule has 0 radical (unpaired) electrons. The van der Waals surface area contributed by atoms with Gasteiger partial charge in [0.05, 0.1) is 11.3 Å². The standard InChI is InChI=1S/C44H42O3P2Si/c1-44(2,3)50(38-30-18-8-19-31-38,39-32-20-9-21-33-39)47-43-41(49(36-26-14-6-15-27-36)37-28-16-7-17-29-37)40(42(45)46-43)48(34-22-10-4-11-23-34)35-24-12-5-13-25-35/h4-33,40-41,43H,1-3H3/t40-,41-,43+/m0/s1. The zero-order valence-corrected chi connectivity index (χ0v) is 31.5. The molecular weight excluding hydrogens is 667 g/mol. The van der Waals surface area contributed by atoms with Crippen LogP contribution in [-0.2, 0) is 14.0 Å². The minimum Gasteiger partial charge on any atom is -0.435 e. The molecule has 50 heavy (non-hydrogen) atoms. The van der Waals surface area contributed by atoms with Gasteiger partial charge < -0.3 is 9.16 Å². The second-order valence-corrected chi connectivity index (χ2v) is 22.6. The lowest BCUT2D eigenvalue weighted by molar-refractivity contribution is -0.151. The molecule has 0 spiro atoms. The molecule has 0 aromatic heterocycles. The molecule has 0 bridgehead atoms. The predicted octanol–water partition coefficient (Wildman–Crippen LogP) is 7.45. The van der Waals surface area contributed by atoms with E-state index in [0.29, 0.717) is 0 Å². The van der Waals surface area contributed by atoms with Gasteiger partial charge in [-0.2, -0.15) is 0 Å². The summed E-state index contributed by atoms with van der Waals surface area (Å²) in [5.74, 6) is -0.184. The zero-order valence-electron chi connectivity index (χ0n) is 28.7. The number of hydrogen-bond donors (Lipinski definition) is 0. The van der Waals surface area contributed by atoms with Crippen LogP contribution in [0, 0.1) is 0 Å². The second kappa shape index (κ2) is 15.0. The largest absolute Gasteiger partial charge is 0.435 e. The number of carbonyl (C=O) groups is 1. The maximum Gasteiger partial charge on any atom is 0.317 e. The Kier molecular flexibility index (Phi) is 10.3. The molecule has 6 aromatic carbocycles. The molecular formula is C44H42O3P2Si. The second-order valence-electron chi connectivity index (χ2n) is 13.6. The summed E-state index contributed by atoms with van der Waals surface area (Å²) in [6.45, 7) is 6.83. The smallest absolute Gasteiger partial charge is 0.317 e. The summed E-state index contributed by atoms with van der Waals surface area (Å²) in [6.07, 6.45) is -0.775. The number of rotatable bonds is 10. The molecule has 3 nitrogen and oxygen atoms in total. The molecule has 1 saturated heterocycles. The van der Waals surface area contributed by atoms with E-state index in [-0.39, 0.29) is 16.7 Å². The summed E-state index contributed by atoms with van der Waals surface area (Å²) in [5.41, 5.74) is -0.708. The molecule has 250 valence electrons. The lowest BCUT2D eigenvalue weighted by atomic mass is 10.2. The maximum atomic E-state index is 14.9. The lowest BCUT2D eigenvalue weighted by Crippen LogP contribution is -2.68. The minimum atomic E-state index is -3.12. The van der Waals surface area contributed by atoms with E-state index in [1.807, 2.05) is 12.1 Å². The van der Waals surface area contributed by atoms with Crippen LogP contribution in [0.3, 0.4) is 0 Å². The molecule has 0 unspecified atom stereocenters. The van der Waals surface area contributed by atoms with Gasteiger partial charge in [0, 0.05) is 0 Å². The quantitative estimate of drug-likeness (QED) is 0.0844. The molecule has 0 N–H and O–H groups in total. The van der Waals surface area contributed by atoms with Crippen LogP contribution in [0.25, 0.3) is 0 Å². The van der Waals surface area contributed by atoms with Gasteiger partial charge in [-0.3, -0.25) is 4.79 Å². The maximum absolute atomic E-state index is 14.9. The number of cyclic esters (lactones) is 1. The highest BCUT2D eigenvalue weighted by molar-refractivity contribution is 7.78. The topological polar surface area (TPSA) is 35.5 Å². The number of carbonyl (C=O) groups excluding carboxylic acids is 1. The van der Waals surface area contributed by atoms with E-state index in [4.69, 9.17) is 9.16 Å². The first-order chi connectivity index (χ1) is 24.4.